The average molecular weight is 316 g/mol. The predicted octanol–water partition coefficient (Wildman–Crippen LogP) is 1.04. The molecule has 0 aliphatic carbocycles. The second kappa shape index (κ2) is 7.66. The monoisotopic (exact) mass is 316 g/mol. The summed E-state index contributed by atoms with van der Waals surface area (Å²) in [4.78, 5) is 12.4. The molecule has 5 nitrogen and oxygen atoms in total. The molecule has 1 amide bonds. The molecule has 112 valence electrons. The first kappa shape index (κ1) is 17.0. The van der Waals surface area contributed by atoms with Crippen molar-refractivity contribution >= 4 is 27.5 Å². The third-order valence-electron chi connectivity index (χ3n) is 2.72. The molecule has 1 rings (SSSR count). The summed E-state index contributed by atoms with van der Waals surface area (Å²) < 4.78 is 22.7. The Hall–Kier alpha value is -1.05. The molecule has 1 aromatic carbocycles. The highest BCUT2D eigenvalue weighted by molar-refractivity contribution is 7.99. The number of thioether (sulfide) groups is 1. The van der Waals surface area contributed by atoms with Crippen molar-refractivity contribution in [3.8, 4) is 0 Å². The van der Waals surface area contributed by atoms with E-state index in [1.54, 1.807) is 36.0 Å². The Bertz CT molecular complexity index is 541. The van der Waals surface area contributed by atoms with Crippen molar-refractivity contribution in [2.24, 2.45) is 5.73 Å². The number of carbonyl (C=O) groups excluding carboxylic acids is 1. The van der Waals surface area contributed by atoms with Crippen LogP contribution < -0.4 is 11.1 Å². The van der Waals surface area contributed by atoms with E-state index in [4.69, 9.17) is 5.73 Å². The number of amides is 1. The third-order valence-corrected chi connectivity index (χ3v) is 4.89. The molecule has 20 heavy (non-hydrogen) atoms. The minimum Gasteiger partial charge on any atom is -0.368 e. The Kier molecular flexibility index (Phi) is 6.51. The van der Waals surface area contributed by atoms with Crippen LogP contribution in [0, 0.1) is 0 Å². The van der Waals surface area contributed by atoms with Crippen molar-refractivity contribution in [3.05, 3.63) is 24.3 Å². The van der Waals surface area contributed by atoms with Gasteiger partial charge < -0.3 is 11.1 Å². The van der Waals surface area contributed by atoms with Gasteiger partial charge >= 0.3 is 0 Å². The summed E-state index contributed by atoms with van der Waals surface area (Å²) in [7, 11) is -3.15. The van der Waals surface area contributed by atoms with Crippen LogP contribution in [0.15, 0.2) is 34.1 Å². The zero-order valence-corrected chi connectivity index (χ0v) is 13.3. The van der Waals surface area contributed by atoms with E-state index in [-0.39, 0.29) is 11.9 Å². The predicted molar refractivity (Wildman–Crippen MR) is 81.6 cm³/mol. The van der Waals surface area contributed by atoms with Crippen LogP contribution in [0.5, 0.6) is 0 Å². The first-order chi connectivity index (χ1) is 9.34. The molecule has 0 saturated carbocycles. The molecule has 1 unspecified atom stereocenters. The highest BCUT2D eigenvalue weighted by atomic mass is 32.2. The van der Waals surface area contributed by atoms with E-state index in [2.05, 4.69) is 5.32 Å². The Labute approximate surface area is 124 Å². The molecule has 0 aliphatic rings. The SMILES string of the molecule is CCNC(CCSc1ccc(S(C)(=O)=O)cc1)C(N)=O. The van der Waals surface area contributed by atoms with Crippen LogP contribution in [-0.4, -0.2) is 38.9 Å². The summed E-state index contributed by atoms with van der Waals surface area (Å²) in [5, 5.41) is 3.03. The lowest BCUT2D eigenvalue weighted by molar-refractivity contribution is -0.120. The number of sulfone groups is 1. The van der Waals surface area contributed by atoms with E-state index in [9.17, 15) is 13.2 Å². The fraction of sp³-hybridized carbons (Fsp3) is 0.462. The zero-order chi connectivity index (χ0) is 15.2. The van der Waals surface area contributed by atoms with Crippen LogP contribution >= 0.6 is 11.8 Å². The minimum atomic E-state index is -3.15. The van der Waals surface area contributed by atoms with Gasteiger partial charge in [-0.15, -0.1) is 11.8 Å². The number of rotatable bonds is 8. The number of benzene rings is 1. The summed E-state index contributed by atoms with van der Waals surface area (Å²) in [6.07, 6.45) is 1.82. The third kappa shape index (κ3) is 5.52. The molecule has 0 spiro atoms. The molecule has 0 radical (unpaired) electrons. The van der Waals surface area contributed by atoms with Gasteiger partial charge in [0.05, 0.1) is 10.9 Å². The lowest BCUT2D eigenvalue weighted by Crippen LogP contribution is -2.41. The first-order valence-electron chi connectivity index (χ1n) is 6.30. The topological polar surface area (TPSA) is 89.3 Å². The number of likely N-dealkylation sites (N-methyl/N-ethyl adjacent to an activating group) is 1. The van der Waals surface area contributed by atoms with Gasteiger partial charge in [-0.2, -0.15) is 0 Å². The number of hydrogen-bond acceptors (Lipinski definition) is 5. The Morgan fingerprint density at radius 1 is 1.35 bits per heavy atom. The Morgan fingerprint density at radius 2 is 1.95 bits per heavy atom. The molecule has 1 aromatic rings. The van der Waals surface area contributed by atoms with Crippen molar-refractivity contribution in [2.45, 2.75) is 29.2 Å². The van der Waals surface area contributed by atoms with Crippen molar-refractivity contribution in [2.75, 3.05) is 18.6 Å². The largest absolute Gasteiger partial charge is 0.368 e. The second-order valence-electron chi connectivity index (χ2n) is 4.39. The summed E-state index contributed by atoms with van der Waals surface area (Å²) in [6.45, 7) is 2.62. The van der Waals surface area contributed by atoms with Crippen LogP contribution in [0.2, 0.25) is 0 Å². The summed E-state index contributed by atoms with van der Waals surface area (Å²) in [6, 6.07) is 6.41. The van der Waals surface area contributed by atoms with Gasteiger partial charge in [-0.3, -0.25) is 4.79 Å². The van der Waals surface area contributed by atoms with Crippen LogP contribution in [0.3, 0.4) is 0 Å². The van der Waals surface area contributed by atoms with Gasteiger partial charge in [-0.25, -0.2) is 8.42 Å². The smallest absolute Gasteiger partial charge is 0.234 e. The van der Waals surface area contributed by atoms with E-state index in [1.165, 1.54) is 6.26 Å². The van der Waals surface area contributed by atoms with E-state index in [0.717, 1.165) is 10.6 Å². The Morgan fingerprint density at radius 3 is 2.40 bits per heavy atom. The number of carbonyl (C=O) groups is 1. The van der Waals surface area contributed by atoms with Gasteiger partial charge in [0, 0.05) is 11.2 Å². The normalized spacial score (nSPS) is 13.1. The fourth-order valence-corrected chi connectivity index (χ4v) is 3.22. The number of hydrogen-bond donors (Lipinski definition) is 2. The molecule has 0 fully saturated rings. The first-order valence-corrected chi connectivity index (χ1v) is 9.18. The second-order valence-corrected chi connectivity index (χ2v) is 7.58. The lowest BCUT2D eigenvalue weighted by Gasteiger charge is -2.13. The van der Waals surface area contributed by atoms with Crippen LogP contribution in [0.4, 0.5) is 0 Å². The average Bonchev–Trinajstić information content (AvgIpc) is 2.37. The van der Waals surface area contributed by atoms with Crippen LogP contribution in [-0.2, 0) is 14.6 Å². The van der Waals surface area contributed by atoms with E-state index in [1.807, 2.05) is 6.92 Å². The van der Waals surface area contributed by atoms with E-state index in [0.29, 0.717) is 17.9 Å². The quantitative estimate of drug-likeness (QED) is 0.699. The van der Waals surface area contributed by atoms with Gasteiger partial charge in [0.25, 0.3) is 0 Å². The maximum atomic E-state index is 11.3. The van der Waals surface area contributed by atoms with E-state index < -0.39 is 9.84 Å². The molecule has 0 heterocycles. The van der Waals surface area contributed by atoms with Crippen molar-refractivity contribution in [1.29, 1.82) is 0 Å². The molecule has 0 bridgehead atoms. The van der Waals surface area contributed by atoms with Gasteiger partial charge in [-0.05, 0) is 43.0 Å². The maximum absolute atomic E-state index is 11.3. The van der Waals surface area contributed by atoms with Crippen molar-refractivity contribution < 1.29 is 13.2 Å². The van der Waals surface area contributed by atoms with Crippen LogP contribution in [0.25, 0.3) is 0 Å². The number of nitrogens with one attached hydrogen (secondary N) is 1. The molecule has 7 heteroatoms. The van der Waals surface area contributed by atoms with Gasteiger partial charge in [0.15, 0.2) is 9.84 Å². The molecule has 1 atom stereocenters. The maximum Gasteiger partial charge on any atom is 0.234 e. The number of primary amides is 1. The summed E-state index contributed by atoms with van der Waals surface area (Å²) in [5.74, 6) is 0.388. The van der Waals surface area contributed by atoms with Crippen LogP contribution in [0.1, 0.15) is 13.3 Å². The van der Waals surface area contributed by atoms with E-state index >= 15 is 0 Å². The van der Waals surface area contributed by atoms with Gasteiger partial charge in [0.1, 0.15) is 0 Å². The molecule has 3 N–H and O–H groups in total. The van der Waals surface area contributed by atoms with Crippen molar-refractivity contribution in [1.82, 2.24) is 5.32 Å². The summed E-state index contributed by atoms with van der Waals surface area (Å²) >= 11 is 1.57. The van der Waals surface area contributed by atoms with Crippen molar-refractivity contribution in [3.63, 3.8) is 0 Å². The minimum absolute atomic E-state index is 0.310. The van der Waals surface area contributed by atoms with Gasteiger partial charge in [0.2, 0.25) is 5.91 Å². The molecular formula is C13H20N2O3S2. The highest BCUT2D eigenvalue weighted by Crippen LogP contribution is 2.21. The standard InChI is InChI=1S/C13H20N2O3S2/c1-3-15-12(13(14)16)8-9-19-10-4-6-11(7-5-10)20(2,17)18/h4-7,12,15H,3,8-9H2,1-2H3,(H2,14,16). The molecule has 0 aromatic heterocycles. The molecule has 0 aliphatic heterocycles. The Balaban J connectivity index is 2.52. The summed E-state index contributed by atoms with van der Waals surface area (Å²) in [5.41, 5.74) is 5.29. The molecular weight excluding hydrogens is 296 g/mol. The van der Waals surface area contributed by atoms with Gasteiger partial charge in [-0.1, -0.05) is 6.92 Å². The molecule has 0 saturated heterocycles. The fourth-order valence-electron chi connectivity index (χ4n) is 1.67. The lowest BCUT2D eigenvalue weighted by atomic mass is 10.2. The number of nitrogens with two attached hydrogens (primary N) is 1. The highest BCUT2D eigenvalue weighted by Gasteiger charge is 2.13. The zero-order valence-electron chi connectivity index (χ0n) is 11.6.